The van der Waals surface area contributed by atoms with Gasteiger partial charge in [-0.15, -0.1) is 0 Å². The van der Waals surface area contributed by atoms with E-state index in [1.54, 1.807) is 31.4 Å². The molecule has 0 saturated heterocycles. The summed E-state index contributed by atoms with van der Waals surface area (Å²) in [6.45, 7) is 6.50. The molecule has 0 bridgehead atoms. The summed E-state index contributed by atoms with van der Waals surface area (Å²) in [5, 5.41) is 6.64. The number of carbonyl (C=O) groups is 2. The number of hydrogen-bond acceptors (Lipinski definition) is 5. The van der Waals surface area contributed by atoms with Crippen molar-refractivity contribution in [3.8, 4) is 11.5 Å². The Balaban J connectivity index is 1.93. The number of methoxy groups -OCH3 is 1. The lowest BCUT2D eigenvalue weighted by Gasteiger charge is -2.12. The van der Waals surface area contributed by atoms with Crippen molar-refractivity contribution in [2.75, 3.05) is 19.0 Å². The van der Waals surface area contributed by atoms with Gasteiger partial charge in [-0.2, -0.15) is 5.10 Å². The highest BCUT2D eigenvalue weighted by Gasteiger charge is 2.11. The van der Waals surface area contributed by atoms with E-state index in [-0.39, 0.29) is 6.42 Å². The third-order valence-corrected chi connectivity index (χ3v) is 4.18. The normalized spacial score (nSPS) is 10.6. The smallest absolute Gasteiger partial charge is 0.249 e. The number of amides is 2. The van der Waals surface area contributed by atoms with Crippen molar-refractivity contribution in [1.29, 1.82) is 0 Å². The van der Waals surface area contributed by atoms with Gasteiger partial charge in [-0.3, -0.25) is 9.59 Å². The Morgan fingerprint density at radius 1 is 1.10 bits per heavy atom. The molecule has 2 N–H and O–H groups in total. The number of rotatable bonds is 9. The highest BCUT2D eigenvalue weighted by Crippen LogP contribution is 2.30. The lowest BCUT2D eigenvalue weighted by molar-refractivity contribution is -0.126. The molecule has 0 atom stereocenters. The summed E-state index contributed by atoms with van der Waals surface area (Å²) < 4.78 is 11.0. The van der Waals surface area contributed by atoms with Crippen LogP contribution in [0, 0.1) is 13.8 Å². The Bertz CT molecular complexity index is 894. The van der Waals surface area contributed by atoms with Gasteiger partial charge in [-0.25, -0.2) is 5.43 Å². The molecule has 154 valence electrons. The van der Waals surface area contributed by atoms with Crippen molar-refractivity contribution in [2.45, 2.75) is 33.6 Å². The fourth-order valence-electron chi connectivity index (χ4n) is 2.54. The van der Waals surface area contributed by atoms with Crippen LogP contribution < -0.4 is 20.2 Å². The number of hydrogen-bond donors (Lipinski definition) is 2. The van der Waals surface area contributed by atoms with E-state index in [0.717, 1.165) is 17.5 Å². The Morgan fingerprint density at radius 3 is 2.59 bits per heavy atom. The number of anilines is 1. The molecule has 0 aliphatic heterocycles. The van der Waals surface area contributed by atoms with Gasteiger partial charge in [0, 0.05) is 11.3 Å². The molecule has 7 nitrogen and oxygen atoms in total. The lowest BCUT2D eigenvalue weighted by Crippen LogP contribution is -2.24. The fourth-order valence-corrected chi connectivity index (χ4v) is 2.54. The van der Waals surface area contributed by atoms with Crippen LogP contribution in [0.25, 0.3) is 0 Å². The molecular formula is C22H27N3O4. The van der Waals surface area contributed by atoms with Gasteiger partial charge in [0.25, 0.3) is 0 Å². The number of carbonyl (C=O) groups excluding carboxylic acids is 2. The summed E-state index contributed by atoms with van der Waals surface area (Å²) in [6.07, 6.45) is 1.98. The minimum Gasteiger partial charge on any atom is -0.493 e. The SMILES string of the molecule is CCCOc1c(C=NNC(=O)CC(=O)Nc2ccc(C)c(C)c2)cccc1OC. The molecule has 2 amide bonds. The number of para-hydroxylation sites is 1. The average molecular weight is 397 g/mol. The number of nitrogens with one attached hydrogen (secondary N) is 2. The van der Waals surface area contributed by atoms with E-state index in [2.05, 4.69) is 15.8 Å². The zero-order valence-electron chi connectivity index (χ0n) is 17.2. The molecule has 29 heavy (non-hydrogen) atoms. The first-order valence-electron chi connectivity index (χ1n) is 9.43. The Morgan fingerprint density at radius 2 is 1.90 bits per heavy atom. The minimum atomic E-state index is -0.512. The van der Waals surface area contributed by atoms with Crippen molar-refractivity contribution in [2.24, 2.45) is 5.10 Å². The monoisotopic (exact) mass is 397 g/mol. The van der Waals surface area contributed by atoms with Gasteiger partial charge >= 0.3 is 0 Å². The standard InChI is InChI=1S/C22H27N3O4/c1-5-11-29-22-17(7-6-8-19(22)28-4)14-23-25-21(27)13-20(26)24-18-10-9-15(2)16(3)12-18/h6-10,12,14H,5,11,13H2,1-4H3,(H,24,26)(H,25,27). The maximum Gasteiger partial charge on any atom is 0.249 e. The van der Waals surface area contributed by atoms with Gasteiger partial charge in [0.2, 0.25) is 11.8 Å². The molecule has 0 aliphatic carbocycles. The average Bonchev–Trinajstić information content (AvgIpc) is 2.69. The largest absolute Gasteiger partial charge is 0.493 e. The molecular weight excluding hydrogens is 370 g/mol. The van der Waals surface area contributed by atoms with Crippen LogP contribution in [-0.4, -0.2) is 31.7 Å². The van der Waals surface area contributed by atoms with Crippen molar-refractivity contribution in [3.63, 3.8) is 0 Å². The molecule has 2 rings (SSSR count). The predicted molar refractivity (Wildman–Crippen MR) is 114 cm³/mol. The van der Waals surface area contributed by atoms with Crippen LogP contribution >= 0.6 is 0 Å². The Labute approximate surface area is 171 Å². The van der Waals surface area contributed by atoms with Crippen LogP contribution in [-0.2, 0) is 9.59 Å². The van der Waals surface area contributed by atoms with E-state index in [0.29, 0.717) is 29.4 Å². The first kappa shape index (κ1) is 21.9. The van der Waals surface area contributed by atoms with E-state index < -0.39 is 11.8 Å². The highest BCUT2D eigenvalue weighted by molar-refractivity contribution is 6.03. The van der Waals surface area contributed by atoms with E-state index in [1.165, 1.54) is 6.21 Å². The summed E-state index contributed by atoms with van der Waals surface area (Å²) >= 11 is 0. The van der Waals surface area contributed by atoms with Gasteiger partial charge in [0.15, 0.2) is 11.5 Å². The fraction of sp³-hybridized carbons (Fsp3) is 0.318. The summed E-state index contributed by atoms with van der Waals surface area (Å²) in [5.41, 5.74) is 5.88. The molecule has 0 spiro atoms. The summed E-state index contributed by atoms with van der Waals surface area (Å²) in [6, 6.07) is 11.0. The van der Waals surface area contributed by atoms with Crippen molar-refractivity contribution >= 4 is 23.7 Å². The molecule has 0 unspecified atom stereocenters. The summed E-state index contributed by atoms with van der Waals surface area (Å²) in [5.74, 6) is 0.222. The lowest BCUT2D eigenvalue weighted by atomic mass is 10.1. The third-order valence-electron chi connectivity index (χ3n) is 4.18. The van der Waals surface area contributed by atoms with E-state index in [1.807, 2.05) is 32.9 Å². The summed E-state index contributed by atoms with van der Waals surface area (Å²) in [7, 11) is 1.56. The zero-order valence-corrected chi connectivity index (χ0v) is 17.2. The van der Waals surface area contributed by atoms with Crippen LogP contribution in [0.15, 0.2) is 41.5 Å². The number of hydrazone groups is 1. The first-order valence-corrected chi connectivity index (χ1v) is 9.43. The van der Waals surface area contributed by atoms with E-state index >= 15 is 0 Å². The minimum absolute atomic E-state index is 0.332. The molecule has 2 aromatic rings. The number of nitrogens with zero attached hydrogens (tertiary/aromatic N) is 1. The Kier molecular flexibility index (Phi) is 8.21. The third kappa shape index (κ3) is 6.64. The molecule has 0 saturated carbocycles. The highest BCUT2D eigenvalue weighted by atomic mass is 16.5. The van der Waals surface area contributed by atoms with Crippen molar-refractivity contribution in [3.05, 3.63) is 53.1 Å². The summed E-state index contributed by atoms with van der Waals surface area (Å²) in [4.78, 5) is 24.0. The van der Waals surface area contributed by atoms with Gasteiger partial charge in [-0.1, -0.05) is 19.1 Å². The van der Waals surface area contributed by atoms with Crippen LogP contribution in [0.1, 0.15) is 36.5 Å². The molecule has 0 aromatic heterocycles. The maximum atomic E-state index is 12.0. The Hall–Kier alpha value is -3.35. The molecule has 0 heterocycles. The van der Waals surface area contributed by atoms with Crippen LogP contribution in [0.2, 0.25) is 0 Å². The molecule has 0 fully saturated rings. The van der Waals surface area contributed by atoms with Gasteiger partial charge in [0.1, 0.15) is 6.42 Å². The van der Waals surface area contributed by atoms with E-state index in [4.69, 9.17) is 9.47 Å². The first-order chi connectivity index (χ1) is 13.9. The van der Waals surface area contributed by atoms with Crippen molar-refractivity contribution < 1.29 is 19.1 Å². The molecule has 0 radical (unpaired) electrons. The van der Waals surface area contributed by atoms with Crippen LogP contribution in [0.4, 0.5) is 5.69 Å². The predicted octanol–water partition coefficient (Wildman–Crippen LogP) is 3.58. The number of benzene rings is 2. The van der Waals surface area contributed by atoms with Gasteiger partial charge < -0.3 is 14.8 Å². The van der Waals surface area contributed by atoms with Gasteiger partial charge in [-0.05, 0) is 55.7 Å². The zero-order chi connectivity index (χ0) is 21.2. The topological polar surface area (TPSA) is 89.0 Å². The van der Waals surface area contributed by atoms with E-state index in [9.17, 15) is 9.59 Å². The van der Waals surface area contributed by atoms with Gasteiger partial charge in [0.05, 0.1) is 19.9 Å². The second-order valence-electron chi connectivity index (χ2n) is 6.54. The van der Waals surface area contributed by atoms with Crippen molar-refractivity contribution in [1.82, 2.24) is 5.43 Å². The maximum absolute atomic E-state index is 12.0. The molecule has 2 aromatic carbocycles. The number of ether oxygens (including phenoxy) is 2. The number of aryl methyl sites for hydroxylation is 2. The second-order valence-corrected chi connectivity index (χ2v) is 6.54. The molecule has 7 heteroatoms. The molecule has 0 aliphatic rings. The van der Waals surface area contributed by atoms with Crippen LogP contribution in [0.5, 0.6) is 11.5 Å². The quantitative estimate of drug-likeness (QED) is 0.385. The van der Waals surface area contributed by atoms with Crippen LogP contribution in [0.3, 0.4) is 0 Å². The second kappa shape index (κ2) is 10.8.